The Morgan fingerprint density at radius 3 is 3.17 bits per heavy atom. The van der Waals surface area contributed by atoms with Gasteiger partial charge in [-0.05, 0) is 28.4 Å². The van der Waals surface area contributed by atoms with Gasteiger partial charge in [0.05, 0.1) is 11.3 Å². The van der Waals surface area contributed by atoms with Crippen LogP contribution >= 0.6 is 27.5 Å². The van der Waals surface area contributed by atoms with Crippen molar-refractivity contribution in [2.75, 3.05) is 0 Å². The van der Waals surface area contributed by atoms with Crippen LogP contribution in [0, 0.1) is 0 Å². The molecule has 12 heavy (non-hydrogen) atoms. The molecule has 1 nitrogen and oxygen atoms in total. The number of allylic oxidation sites excluding steroid dienone is 2. The highest BCUT2D eigenvalue weighted by molar-refractivity contribution is 9.09. The van der Waals surface area contributed by atoms with E-state index in [-0.39, 0.29) is 10.8 Å². The maximum Gasteiger partial charge on any atom is 0.257 e. The Hall–Kier alpha value is -0.280. The van der Waals surface area contributed by atoms with Crippen molar-refractivity contribution in [3.8, 4) is 0 Å². The minimum absolute atomic E-state index is 0.130. The third-order valence-corrected chi connectivity index (χ3v) is 3.26. The van der Waals surface area contributed by atoms with Crippen LogP contribution in [0.25, 0.3) is 0 Å². The summed E-state index contributed by atoms with van der Waals surface area (Å²) in [5.74, 6) is 0.259. The highest BCUT2D eigenvalue weighted by atomic mass is 79.9. The zero-order chi connectivity index (χ0) is 8.77. The summed E-state index contributed by atoms with van der Waals surface area (Å²) in [5.41, 5.74) is 0.832. The number of rotatable bonds is 0. The molecule has 0 aliphatic heterocycles. The van der Waals surface area contributed by atoms with Crippen molar-refractivity contribution in [2.24, 2.45) is 0 Å². The van der Waals surface area contributed by atoms with Gasteiger partial charge in [-0.15, -0.1) is 0 Å². The first-order valence-corrected chi connectivity index (χ1v) is 4.60. The predicted molar refractivity (Wildman–Crippen MR) is 48.1 cm³/mol. The summed E-state index contributed by atoms with van der Waals surface area (Å²) in [6.45, 7) is 0. The summed E-state index contributed by atoms with van der Waals surface area (Å²) in [7, 11) is 0. The Bertz CT molecular complexity index is 343. The number of hydrogen-bond acceptors (Lipinski definition) is 1. The summed E-state index contributed by atoms with van der Waals surface area (Å²) in [5, 5.41) is 0.130. The molecule has 0 aromatic carbocycles. The molecule has 0 radical (unpaired) electrons. The number of alkyl halides is 2. The maximum absolute atomic E-state index is 13.7. The summed E-state index contributed by atoms with van der Waals surface area (Å²) in [4.78, 5) is 0. The van der Waals surface area contributed by atoms with Crippen LogP contribution in [0.2, 0.25) is 0 Å². The van der Waals surface area contributed by atoms with E-state index in [1.807, 2.05) is 0 Å². The molecule has 2 rings (SSSR count). The van der Waals surface area contributed by atoms with Crippen LogP contribution in [0.5, 0.6) is 0 Å². The SMILES string of the molecule is FC1(Br)C(Cl)=CCc2ccoc21. The van der Waals surface area contributed by atoms with Gasteiger partial charge in [0.1, 0.15) is 0 Å². The van der Waals surface area contributed by atoms with Gasteiger partial charge in [0, 0.05) is 5.56 Å². The lowest BCUT2D eigenvalue weighted by atomic mass is 10.0. The van der Waals surface area contributed by atoms with Gasteiger partial charge in [-0.25, -0.2) is 4.39 Å². The third-order valence-electron chi connectivity index (χ3n) is 1.83. The largest absolute Gasteiger partial charge is 0.464 e. The monoisotopic (exact) mass is 250 g/mol. The molecule has 0 spiro atoms. The Kier molecular flexibility index (Phi) is 1.81. The molecule has 1 heterocycles. The lowest BCUT2D eigenvalue weighted by molar-refractivity contribution is 0.299. The molecule has 1 aliphatic rings. The van der Waals surface area contributed by atoms with Crippen molar-refractivity contribution in [1.82, 2.24) is 0 Å². The molecule has 0 saturated carbocycles. The first-order chi connectivity index (χ1) is 5.62. The first kappa shape index (κ1) is 8.32. The molecule has 4 heteroatoms. The highest BCUT2D eigenvalue weighted by Crippen LogP contribution is 2.46. The Balaban J connectivity index is 2.57. The summed E-state index contributed by atoms with van der Waals surface area (Å²) < 4.78 is 16.9. The van der Waals surface area contributed by atoms with Crippen molar-refractivity contribution < 1.29 is 8.81 Å². The molecule has 0 saturated heterocycles. The van der Waals surface area contributed by atoms with Crippen molar-refractivity contribution in [2.45, 2.75) is 11.0 Å². The van der Waals surface area contributed by atoms with Crippen molar-refractivity contribution in [1.29, 1.82) is 0 Å². The number of hydrogen-bond donors (Lipinski definition) is 0. The Morgan fingerprint density at radius 1 is 1.67 bits per heavy atom. The topological polar surface area (TPSA) is 13.1 Å². The summed E-state index contributed by atoms with van der Waals surface area (Å²) in [6, 6.07) is 1.74. The summed E-state index contributed by atoms with van der Waals surface area (Å²) >= 11 is 8.55. The number of furan rings is 1. The van der Waals surface area contributed by atoms with Crippen molar-refractivity contribution >= 4 is 27.5 Å². The molecule has 1 aliphatic carbocycles. The zero-order valence-electron chi connectivity index (χ0n) is 5.98. The van der Waals surface area contributed by atoms with E-state index in [1.165, 1.54) is 6.26 Å². The van der Waals surface area contributed by atoms with E-state index >= 15 is 0 Å². The molecule has 1 unspecified atom stereocenters. The maximum atomic E-state index is 13.7. The van der Waals surface area contributed by atoms with Gasteiger partial charge in [0.15, 0.2) is 5.76 Å². The normalized spacial score (nSPS) is 28.1. The lowest BCUT2D eigenvalue weighted by Gasteiger charge is -2.20. The average Bonchev–Trinajstić information content (AvgIpc) is 2.46. The van der Waals surface area contributed by atoms with Gasteiger partial charge >= 0.3 is 0 Å². The Morgan fingerprint density at radius 2 is 2.42 bits per heavy atom. The van der Waals surface area contributed by atoms with Crippen LogP contribution in [-0.2, 0) is 11.0 Å². The molecular weight excluding hydrogens is 246 g/mol. The molecular formula is C8H5BrClFO. The average molecular weight is 251 g/mol. The molecule has 0 bridgehead atoms. The van der Waals surface area contributed by atoms with E-state index in [9.17, 15) is 4.39 Å². The van der Waals surface area contributed by atoms with Crippen LogP contribution in [-0.4, -0.2) is 0 Å². The summed E-state index contributed by atoms with van der Waals surface area (Å²) in [6.07, 6.45) is 3.72. The number of fused-ring (bicyclic) bond motifs is 1. The molecule has 1 aromatic rings. The molecule has 1 aromatic heterocycles. The molecule has 64 valence electrons. The second-order valence-electron chi connectivity index (χ2n) is 2.61. The lowest BCUT2D eigenvalue weighted by Crippen LogP contribution is -2.16. The highest BCUT2D eigenvalue weighted by Gasteiger charge is 2.40. The fourth-order valence-electron chi connectivity index (χ4n) is 1.21. The van der Waals surface area contributed by atoms with Gasteiger partial charge in [-0.2, -0.15) is 0 Å². The van der Waals surface area contributed by atoms with Crippen LogP contribution in [0.1, 0.15) is 11.3 Å². The second-order valence-corrected chi connectivity index (χ2v) is 4.11. The smallest absolute Gasteiger partial charge is 0.257 e. The van der Waals surface area contributed by atoms with Gasteiger partial charge in [0.25, 0.3) is 4.58 Å². The van der Waals surface area contributed by atoms with E-state index in [2.05, 4.69) is 15.9 Å². The standard InChI is InChI=1S/C8H5BrClFO/c9-8(11)6(10)2-1-5-3-4-12-7(5)8/h2-4H,1H2. The van der Waals surface area contributed by atoms with Crippen molar-refractivity contribution in [3.05, 3.63) is 34.8 Å². The van der Waals surface area contributed by atoms with Gasteiger partial charge in [-0.1, -0.05) is 17.7 Å². The Labute approximate surface area is 82.3 Å². The molecule has 0 fully saturated rings. The van der Waals surface area contributed by atoms with Crippen LogP contribution < -0.4 is 0 Å². The first-order valence-electron chi connectivity index (χ1n) is 3.43. The third kappa shape index (κ3) is 1.04. The molecule has 0 N–H and O–H groups in total. The van der Waals surface area contributed by atoms with E-state index in [4.69, 9.17) is 16.0 Å². The quantitative estimate of drug-likeness (QED) is 0.644. The molecule has 1 atom stereocenters. The van der Waals surface area contributed by atoms with E-state index in [0.717, 1.165) is 5.56 Å². The van der Waals surface area contributed by atoms with E-state index < -0.39 is 4.58 Å². The number of halogens is 3. The predicted octanol–water partition coefficient (Wildman–Crippen LogP) is 3.48. The minimum Gasteiger partial charge on any atom is -0.464 e. The van der Waals surface area contributed by atoms with Crippen LogP contribution in [0.15, 0.2) is 27.9 Å². The van der Waals surface area contributed by atoms with Gasteiger partial charge in [0.2, 0.25) is 0 Å². The fourth-order valence-corrected chi connectivity index (χ4v) is 1.88. The van der Waals surface area contributed by atoms with E-state index in [1.54, 1.807) is 12.1 Å². The molecule has 0 amide bonds. The fraction of sp³-hybridized carbons (Fsp3) is 0.250. The van der Waals surface area contributed by atoms with Gasteiger partial charge < -0.3 is 4.42 Å². The van der Waals surface area contributed by atoms with Crippen molar-refractivity contribution in [3.63, 3.8) is 0 Å². The second kappa shape index (κ2) is 2.60. The minimum atomic E-state index is -1.83. The van der Waals surface area contributed by atoms with Crippen LogP contribution in [0.3, 0.4) is 0 Å². The van der Waals surface area contributed by atoms with Crippen LogP contribution in [0.4, 0.5) is 4.39 Å². The van der Waals surface area contributed by atoms with Gasteiger partial charge in [-0.3, -0.25) is 0 Å². The van der Waals surface area contributed by atoms with E-state index in [0.29, 0.717) is 6.42 Å². The zero-order valence-corrected chi connectivity index (χ0v) is 8.32.